The summed E-state index contributed by atoms with van der Waals surface area (Å²) < 4.78 is 5.41. The molecule has 122 valence electrons. The molecular formula is C16H18N2O4S. The van der Waals surface area contributed by atoms with Gasteiger partial charge in [0.05, 0.1) is 12.1 Å². The van der Waals surface area contributed by atoms with Gasteiger partial charge >= 0.3 is 5.97 Å². The predicted octanol–water partition coefficient (Wildman–Crippen LogP) is 2.66. The number of anilines is 1. The monoisotopic (exact) mass is 334 g/mol. The fourth-order valence-corrected chi connectivity index (χ4v) is 2.88. The summed E-state index contributed by atoms with van der Waals surface area (Å²) in [5.41, 5.74) is 1.81. The summed E-state index contributed by atoms with van der Waals surface area (Å²) in [5.74, 6) is -0.632. The van der Waals surface area contributed by atoms with Gasteiger partial charge in [-0.2, -0.15) is 0 Å². The Morgan fingerprint density at radius 3 is 2.61 bits per heavy atom. The van der Waals surface area contributed by atoms with E-state index in [2.05, 4.69) is 17.2 Å². The van der Waals surface area contributed by atoms with E-state index in [1.54, 1.807) is 6.92 Å². The van der Waals surface area contributed by atoms with Crippen LogP contribution in [0.3, 0.4) is 0 Å². The van der Waals surface area contributed by atoms with Crippen molar-refractivity contribution in [1.29, 1.82) is 0 Å². The molecule has 0 saturated heterocycles. The molecule has 1 aromatic heterocycles. The third-order valence-corrected chi connectivity index (χ3v) is 4.23. The number of thiazole rings is 1. The van der Waals surface area contributed by atoms with Crippen LogP contribution in [-0.4, -0.2) is 28.6 Å². The van der Waals surface area contributed by atoms with Gasteiger partial charge in [-0.1, -0.05) is 19.1 Å². The first-order valence-electron chi connectivity index (χ1n) is 7.17. The Balaban J connectivity index is 1.87. The number of amides is 1. The maximum atomic E-state index is 11.9. The molecule has 23 heavy (non-hydrogen) atoms. The number of carboxylic acids is 1. The second kappa shape index (κ2) is 7.73. The molecule has 0 fully saturated rings. The van der Waals surface area contributed by atoms with Crippen LogP contribution in [0.25, 0.3) is 0 Å². The maximum absolute atomic E-state index is 11.9. The molecule has 0 atom stereocenters. The lowest BCUT2D eigenvalue weighted by atomic mass is 10.2. The molecule has 0 radical (unpaired) electrons. The van der Waals surface area contributed by atoms with E-state index in [0.717, 1.165) is 17.8 Å². The number of aromatic nitrogens is 1. The zero-order valence-corrected chi connectivity index (χ0v) is 13.8. The quantitative estimate of drug-likeness (QED) is 0.812. The number of ether oxygens (including phenoxy) is 1. The third kappa shape index (κ3) is 5.07. The number of aliphatic carboxylic acids is 1. The summed E-state index contributed by atoms with van der Waals surface area (Å²) in [6.45, 7) is 3.66. The highest BCUT2D eigenvalue weighted by Gasteiger charge is 2.13. The minimum Gasteiger partial charge on any atom is -0.484 e. The molecule has 2 N–H and O–H groups in total. The van der Waals surface area contributed by atoms with Crippen LogP contribution in [0.1, 0.15) is 23.1 Å². The Labute approximate surface area is 138 Å². The molecule has 1 heterocycles. The van der Waals surface area contributed by atoms with E-state index < -0.39 is 5.97 Å². The average Bonchev–Trinajstić information content (AvgIpc) is 2.84. The molecule has 0 aliphatic heterocycles. The number of nitrogens with one attached hydrogen (secondary N) is 1. The Hall–Kier alpha value is -2.41. The molecule has 0 saturated carbocycles. The van der Waals surface area contributed by atoms with Gasteiger partial charge in [-0.05, 0) is 31.0 Å². The highest BCUT2D eigenvalue weighted by atomic mass is 32.1. The molecule has 2 aromatic rings. The second-order valence-corrected chi connectivity index (χ2v) is 6.02. The van der Waals surface area contributed by atoms with E-state index in [1.165, 1.54) is 5.56 Å². The number of carbonyl (C=O) groups is 2. The minimum absolute atomic E-state index is 0.0976. The van der Waals surface area contributed by atoms with E-state index in [-0.39, 0.29) is 18.9 Å². The molecule has 0 bridgehead atoms. The van der Waals surface area contributed by atoms with Crippen LogP contribution in [0, 0.1) is 6.92 Å². The van der Waals surface area contributed by atoms with Crippen molar-refractivity contribution in [2.45, 2.75) is 26.7 Å². The number of hydrogen-bond acceptors (Lipinski definition) is 5. The first-order valence-corrected chi connectivity index (χ1v) is 7.99. The Bertz CT molecular complexity index is 695. The highest BCUT2D eigenvalue weighted by Crippen LogP contribution is 2.23. The van der Waals surface area contributed by atoms with Crippen molar-refractivity contribution < 1.29 is 19.4 Å². The SMILES string of the molecule is CCc1ccc(OCC(=O)Nc2nc(C)c(CC(=O)O)s2)cc1. The van der Waals surface area contributed by atoms with Crippen LogP contribution >= 0.6 is 11.3 Å². The summed E-state index contributed by atoms with van der Waals surface area (Å²) in [4.78, 5) is 27.4. The fraction of sp³-hybridized carbons (Fsp3) is 0.312. The van der Waals surface area contributed by atoms with E-state index in [9.17, 15) is 9.59 Å². The van der Waals surface area contributed by atoms with Crippen molar-refractivity contribution >= 4 is 28.3 Å². The number of nitrogens with zero attached hydrogens (tertiary/aromatic N) is 1. The van der Waals surface area contributed by atoms with Crippen LogP contribution in [0.2, 0.25) is 0 Å². The number of benzene rings is 1. The Morgan fingerprint density at radius 2 is 2.00 bits per heavy atom. The lowest BCUT2D eigenvalue weighted by Gasteiger charge is -2.06. The summed E-state index contributed by atoms with van der Waals surface area (Å²) in [6, 6.07) is 7.56. The lowest BCUT2D eigenvalue weighted by Crippen LogP contribution is -2.20. The van der Waals surface area contributed by atoms with Crippen LogP contribution in [0.5, 0.6) is 5.75 Å². The van der Waals surface area contributed by atoms with Gasteiger partial charge in [0, 0.05) is 4.88 Å². The predicted molar refractivity (Wildman–Crippen MR) is 88.1 cm³/mol. The number of carbonyl (C=O) groups excluding carboxylic acids is 1. The van der Waals surface area contributed by atoms with E-state index in [4.69, 9.17) is 9.84 Å². The third-order valence-electron chi connectivity index (χ3n) is 3.15. The molecule has 0 aliphatic carbocycles. The van der Waals surface area contributed by atoms with E-state index >= 15 is 0 Å². The molecule has 0 unspecified atom stereocenters. The Morgan fingerprint density at radius 1 is 1.30 bits per heavy atom. The van der Waals surface area contributed by atoms with Gasteiger partial charge in [-0.25, -0.2) is 4.98 Å². The first-order chi connectivity index (χ1) is 11.0. The molecule has 1 aromatic carbocycles. The highest BCUT2D eigenvalue weighted by molar-refractivity contribution is 7.16. The van der Waals surface area contributed by atoms with Crippen molar-refractivity contribution in [3.8, 4) is 5.75 Å². The molecule has 0 aliphatic rings. The van der Waals surface area contributed by atoms with Gasteiger partial charge in [0.2, 0.25) is 0 Å². The summed E-state index contributed by atoms with van der Waals surface area (Å²) >= 11 is 1.16. The van der Waals surface area contributed by atoms with Crippen LogP contribution < -0.4 is 10.1 Å². The van der Waals surface area contributed by atoms with Crippen molar-refractivity contribution in [2.24, 2.45) is 0 Å². The topological polar surface area (TPSA) is 88.5 Å². The molecule has 7 heteroatoms. The lowest BCUT2D eigenvalue weighted by molar-refractivity contribution is -0.136. The van der Waals surface area contributed by atoms with E-state index in [1.807, 2.05) is 24.3 Å². The number of hydrogen-bond donors (Lipinski definition) is 2. The number of rotatable bonds is 7. The average molecular weight is 334 g/mol. The zero-order chi connectivity index (χ0) is 16.8. The standard InChI is InChI=1S/C16H18N2O4S/c1-3-11-4-6-12(7-5-11)22-9-14(19)18-16-17-10(2)13(23-16)8-15(20)21/h4-7H,3,8-9H2,1-2H3,(H,20,21)(H,17,18,19). The molecule has 6 nitrogen and oxygen atoms in total. The van der Waals surface area contributed by atoms with E-state index in [0.29, 0.717) is 21.5 Å². The molecule has 2 rings (SSSR count). The van der Waals surface area contributed by atoms with Gasteiger partial charge in [0.25, 0.3) is 5.91 Å². The van der Waals surface area contributed by atoms with Gasteiger partial charge in [-0.15, -0.1) is 11.3 Å². The van der Waals surface area contributed by atoms with Gasteiger partial charge in [0.1, 0.15) is 5.75 Å². The smallest absolute Gasteiger partial charge is 0.308 e. The molecular weight excluding hydrogens is 316 g/mol. The zero-order valence-electron chi connectivity index (χ0n) is 13.0. The maximum Gasteiger partial charge on any atom is 0.308 e. The van der Waals surface area contributed by atoms with Crippen LogP contribution in [0.15, 0.2) is 24.3 Å². The van der Waals surface area contributed by atoms with Crippen molar-refractivity contribution in [2.75, 3.05) is 11.9 Å². The van der Waals surface area contributed by atoms with Gasteiger partial charge in [0.15, 0.2) is 11.7 Å². The van der Waals surface area contributed by atoms with Crippen LogP contribution in [-0.2, 0) is 22.4 Å². The number of carboxylic acid groups (broad SMARTS) is 1. The van der Waals surface area contributed by atoms with Crippen LogP contribution in [0.4, 0.5) is 5.13 Å². The summed E-state index contributed by atoms with van der Waals surface area (Å²) in [6.07, 6.45) is 0.850. The minimum atomic E-state index is -0.923. The second-order valence-electron chi connectivity index (χ2n) is 4.93. The van der Waals surface area contributed by atoms with Crippen molar-refractivity contribution in [3.63, 3.8) is 0 Å². The number of aryl methyl sites for hydroxylation is 2. The molecule has 1 amide bonds. The molecule has 0 spiro atoms. The fourth-order valence-electron chi connectivity index (χ4n) is 1.91. The largest absolute Gasteiger partial charge is 0.484 e. The Kier molecular flexibility index (Phi) is 5.70. The normalized spacial score (nSPS) is 10.3. The first kappa shape index (κ1) is 17.0. The van der Waals surface area contributed by atoms with Crippen molar-refractivity contribution in [3.05, 3.63) is 40.4 Å². The summed E-state index contributed by atoms with van der Waals surface area (Å²) in [5, 5.41) is 11.8. The van der Waals surface area contributed by atoms with Gasteiger partial charge < -0.3 is 9.84 Å². The van der Waals surface area contributed by atoms with Gasteiger partial charge in [-0.3, -0.25) is 14.9 Å². The van der Waals surface area contributed by atoms with Crippen molar-refractivity contribution in [1.82, 2.24) is 4.98 Å². The summed E-state index contributed by atoms with van der Waals surface area (Å²) in [7, 11) is 0.